The lowest BCUT2D eigenvalue weighted by Gasteiger charge is -2.05. The summed E-state index contributed by atoms with van der Waals surface area (Å²) in [6, 6.07) is 15.6. The molecule has 0 amide bonds. The van der Waals surface area contributed by atoms with Crippen molar-refractivity contribution in [3.8, 4) is 5.75 Å². The van der Waals surface area contributed by atoms with Crippen LogP contribution in [-0.2, 0) is 4.79 Å². The zero-order valence-electron chi connectivity index (χ0n) is 10.1. The molecule has 4 nitrogen and oxygen atoms in total. The molecule has 0 spiro atoms. The van der Waals surface area contributed by atoms with Gasteiger partial charge in [-0.3, -0.25) is 0 Å². The fourth-order valence-electron chi connectivity index (χ4n) is 1.53. The first kappa shape index (κ1) is 12.7. The van der Waals surface area contributed by atoms with Crippen LogP contribution in [0.15, 0.2) is 60.9 Å². The molecule has 0 heterocycles. The highest BCUT2D eigenvalue weighted by molar-refractivity contribution is 6.15. The van der Waals surface area contributed by atoms with Crippen molar-refractivity contribution >= 4 is 17.2 Å². The van der Waals surface area contributed by atoms with Gasteiger partial charge in [-0.05, 0) is 29.8 Å². The van der Waals surface area contributed by atoms with Crippen molar-refractivity contribution in [3.63, 3.8) is 0 Å². The van der Waals surface area contributed by atoms with Gasteiger partial charge in [-0.2, -0.15) is 0 Å². The maximum atomic E-state index is 11.2. The number of carboxylic acid groups (broad SMARTS) is 1. The van der Waals surface area contributed by atoms with Crippen LogP contribution in [0.4, 0.5) is 5.69 Å². The average Bonchev–Trinajstić information content (AvgIpc) is 2.42. The van der Waals surface area contributed by atoms with E-state index in [1.54, 1.807) is 36.4 Å². The van der Waals surface area contributed by atoms with E-state index in [0.717, 1.165) is 0 Å². The molecule has 0 saturated heterocycles. The number of para-hydroxylation sites is 1. The maximum Gasteiger partial charge on any atom is 0.339 e. The van der Waals surface area contributed by atoms with Gasteiger partial charge in [0.2, 0.25) is 0 Å². The third kappa shape index (κ3) is 3.35. The van der Waals surface area contributed by atoms with Gasteiger partial charge in [0.25, 0.3) is 0 Å². The van der Waals surface area contributed by atoms with Gasteiger partial charge in [-0.15, -0.1) is 0 Å². The number of nitrogens with two attached hydrogens (primary N) is 1. The summed E-state index contributed by atoms with van der Waals surface area (Å²) < 4.78 is 5.34. The molecule has 0 aromatic heterocycles. The zero-order valence-corrected chi connectivity index (χ0v) is 10.1. The van der Waals surface area contributed by atoms with Crippen LogP contribution in [0.2, 0.25) is 0 Å². The molecule has 96 valence electrons. The molecule has 0 fully saturated rings. The zero-order chi connectivity index (χ0) is 13.7. The predicted molar refractivity (Wildman–Crippen MR) is 73.5 cm³/mol. The van der Waals surface area contributed by atoms with Gasteiger partial charge < -0.3 is 15.6 Å². The number of hydrogen-bond donors (Lipinski definition) is 2. The second-order valence-electron chi connectivity index (χ2n) is 3.89. The minimum Gasteiger partial charge on any atom is -0.478 e. The Labute approximate surface area is 110 Å². The average molecular weight is 255 g/mol. The second kappa shape index (κ2) is 5.73. The maximum absolute atomic E-state index is 11.2. The van der Waals surface area contributed by atoms with Gasteiger partial charge in [0.05, 0.1) is 0 Å². The van der Waals surface area contributed by atoms with Crippen LogP contribution in [0.25, 0.3) is 5.57 Å². The fourth-order valence-corrected chi connectivity index (χ4v) is 1.53. The van der Waals surface area contributed by atoms with Crippen molar-refractivity contribution in [1.29, 1.82) is 0 Å². The topological polar surface area (TPSA) is 72.5 Å². The first-order chi connectivity index (χ1) is 9.16. The minimum absolute atomic E-state index is 0.0730. The number of hydrogen-bond acceptors (Lipinski definition) is 3. The Balaban J connectivity index is 2.25. The molecule has 0 aliphatic rings. The van der Waals surface area contributed by atoms with Crippen molar-refractivity contribution in [1.82, 2.24) is 0 Å². The Morgan fingerprint density at radius 1 is 1.05 bits per heavy atom. The Kier molecular flexibility index (Phi) is 3.83. The van der Waals surface area contributed by atoms with Crippen LogP contribution < -0.4 is 10.5 Å². The lowest BCUT2D eigenvalue weighted by molar-refractivity contribution is -0.130. The number of carboxylic acids is 1. The number of aliphatic carboxylic acids is 1. The molecule has 0 atom stereocenters. The second-order valence-corrected chi connectivity index (χ2v) is 3.89. The number of nitrogen functional groups attached to an aromatic ring is 1. The molecule has 0 saturated carbocycles. The van der Waals surface area contributed by atoms with Crippen LogP contribution in [0, 0.1) is 0 Å². The van der Waals surface area contributed by atoms with Gasteiger partial charge in [0, 0.05) is 5.69 Å². The summed E-state index contributed by atoms with van der Waals surface area (Å²) in [5.74, 6) is -0.475. The van der Waals surface area contributed by atoms with Crippen molar-refractivity contribution in [2.24, 2.45) is 0 Å². The molecule has 0 aliphatic heterocycles. The first-order valence-corrected chi connectivity index (χ1v) is 5.68. The van der Waals surface area contributed by atoms with E-state index < -0.39 is 5.97 Å². The molecule has 19 heavy (non-hydrogen) atoms. The fraction of sp³-hybridized carbons (Fsp3) is 0. The third-order valence-electron chi connectivity index (χ3n) is 2.51. The summed E-state index contributed by atoms with van der Waals surface area (Å²) in [5.41, 5.74) is 6.76. The quantitative estimate of drug-likeness (QED) is 0.500. The SMILES string of the molecule is Nc1ccc(C(=COc2ccccc2)C(=O)O)cc1. The van der Waals surface area contributed by atoms with Gasteiger partial charge in [-0.1, -0.05) is 30.3 Å². The highest BCUT2D eigenvalue weighted by Gasteiger charge is 2.10. The van der Waals surface area contributed by atoms with E-state index in [9.17, 15) is 9.90 Å². The summed E-state index contributed by atoms with van der Waals surface area (Å²) in [7, 11) is 0. The molecule has 4 heteroatoms. The van der Waals surface area contributed by atoms with E-state index in [4.69, 9.17) is 10.5 Å². The number of carbonyl (C=O) groups is 1. The van der Waals surface area contributed by atoms with Gasteiger partial charge in [0.1, 0.15) is 17.6 Å². The Hall–Kier alpha value is -2.75. The molecular weight excluding hydrogens is 242 g/mol. The van der Waals surface area contributed by atoms with Crippen molar-refractivity contribution in [2.45, 2.75) is 0 Å². The highest BCUT2D eigenvalue weighted by atomic mass is 16.5. The number of rotatable bonds is 4. The third-order valence-corrected chi connectivity index (χ3v) is 2.51. The van der Waals surface area contributed by atoms with Gasteiger partial charge in [0.15, 0.2) is 0 Å². The van der Waals surface area contributed by atoms with E-state index in [-0.39, 0.29) is 5.57 Å². The largest absolute Gasteiger partial charge is 0.478 e. The molecule has 0 unspecified atom stereocenters. The van der Waals surface area contributed by atoms with Crippen molar-refractivity contribution in [3.05, 3.63) is 66.4 Å². The van der Waals surface area contributed by atoms with Crippen LogP contribution >= 0.6 is 0 Å². The van der Waals surface area contributed by atoms with E-state index in [2.05, 4.69) is 0 Å². The molecular formula is C15H13NO3. The standard InChI is InChI=1S/C15H13NO3/c16-12-8-6-11(7-9-12)14(15(17)18)10-19-13-4-2-1-3-5-13/h1-10H,16H2,(H,17,18). The summed E-state index contributed by atoms with van der Waals surface area (Å²) in [6.07, 6.45) is 1.23. The highest BCUT2D eigenvalue weighted by Crippen LogP contribution is 2.18. The first-order valence-electron chi connectivity index (χ1n) is 5.68. The summed E-state index contributed by atoms with van der Waals surface area (Å²) in [5, 5.41) is 9.19. The molecule has 0 bridgehead atoms. The van der Waals surface area contributed by atoms with Gasteiger partial charge >= 0.3 is 5.97 Å². The lowest BCUT2D eigenvalue weighted by atomic mass is 10.1. The smallest absolute Gasteiger partial charge is 0.339 e. The molecule has 2 aromatic carbocycles. The molecule has 3 N–H and O–H groups in total. The van der Waals surface area contributed by atoms with Crippen LogP contribution in [0.1, 0.15) is 5.56 Å². The lowest BCUT2D eigenvalue weighted by Crippen LogP contribution is -2.02. The van der Waals surface area contributed by atoms with E-state index in [0.29, 0.717) is 17.0 Å². The predicted octanol–water partition coefficient (Wildman–Crippen LogP) is 2.77. The summed E-state index contributed by atoms with van der Waals surface area (Å²) in [4.78, 5) is 11.2. The number of anilines is 1. The summed E-state index contributed by atoms with van der Waals surface area (Å²) >= 11 is 0. The Morgan fingerprint density at radius 3 is 2.26 bits per heavy atom. The summed E-state index contributed by atoms with van der Waals surface area (Å²) in [6.45, 7) is 0. The van der Waals surface area contributed by atoms with E-state index in [1.165, 1.54) is 6.26 Å². The van der Waals surface area contributed by atoms with E-state index in [1.807, 2.05) is 18.2 Å². The number of ether oxygens (including phenoxy) is 1. The normalized spacial score (nSPS) is 11.1. The molecule has 0 aliphatic carbocycles. The van der Waals surface area contributed by atoms with E-state index >= 15 is 0 Å². The van der Waals surface area contributed by atoms with Crippen molar-refractivity contribution < 1.29 is 14.6 Å². The van der Waals surface area contributed by atoms with Crippen LogP contribution in [-0.4, -0.2) is 11.1 Å². The minimum atomic E-state index is -1.05. The van der Waals surface area contributed by atoms with Crippen LogP contribution in [0.5, 0.6) is 5.75 Å². The number of benzene rings is 2. The molecule has 2 aromatic rings. The van der Waals surface area contributed by atoms with Crippen molar-refractivity contribution in [2.75, 3.05) is 5.73 Å². The van der Waals surface area contributed by atoms with Gasteiger partial charge in [-0.25, -0.2) is 4.79 Å². The molecule has 0 radical (unpaired) electrons. The Morgan fingerprint density at radius 2 is 1.68 bits per heavy atom. The Bertz CT molecular complexity index is 589. The monoisotopic (exact) mass is 255 g/mol. The molecule has 2 rings (SSSR count). The van der Waals surface area contributed by atoms with Crippen LogP contribution in [0.3, 0.4) is 0 Å².